The molecule has 1 aliphatic rings. The maximum Gasteiger partial charge on any atom is 0.242 e. The van der Waals surface area contributed by atoms with Crippen molar-refractivity contribution < 1.29 is 0 Å². The zero-order valence-corrected chi connectivity index (χ0v) is 45.7. The van der Waals surface area contributed by atoms with Crippen molar-refractivity contribution in [3.05, 3.63) is 236 Å². The van der Waals surface area contributed by atoms with E-state index in [9.17, 15) is 0 Å². The molecular weight excluding hydrogens is 874 g/mol. The second-order valence-corrected chi connectivity index (χ2v) is 22.8. The van der Waals surface area contributed by atoms with Crippen molar-refractivity contribution in [2.24, 2.45) is 0 Å². The Hall–Kier alpha value is -7.15. The summed E-state index contributed by atoms with van der Waals surface area (Å²) in [5.74, 6) is 0. The molecule has 73 heavy (non-hydrogen) atoms. The highest BCUT2D eigenvalue weighted by Crippen LogP contribution is 2.51. The molecule has 0 aromatic heterocycles. The van der Waals surface area contributed by atoms with Crippen LogP contribution in [0.3, 0.4) is 0 Å². The third-order valence-corrected chi connectivity index (χ3v) is 16.9. The maximum absolute atomic E-state index is 2.48. The normalized spacial score (nSPS) is 12.6. The van der Waals surface area contributed by atoms with E-state index in [4.69, 9.17) is 0 Å². The van der Waals surface area contributed by atoms with Gasteiger partial charge < -0.3 is 0 Å². The zero-order chi connectivity index (χ0) is 51.4. The molecule has 0 saturated heterocycles. The monoisotopic (exact) mass is 943 g/mol. The van der Waals surface area contributed by atoms with Crippen molar-refractivity contribution in [3.63, 3.8) is 0 Å². The summed E-state index contributed by atoms with van der Waals surface area (Å²) in [7, 11) is 0. The van der Waals surface area contributed by atoms with E-state index in [1.165, 1.54) is 166 Å². The fraction of sp³-hybridized carbons (Fsp3) is 0.211. The average Bonchev–Trinajstić information content (AvgIpc) is 3.34. The van der Waals surface area contributed by atoms with Crippen LogP contribution in [0.1, 0.15) is 91.7 Å². The Kier molecular flexibility index (Phi) is 11.9. The van der Waals surface area contributed by atoms with Crippen molar-refractivity contribution >= 4 is 67.7 Å². The fourth-order valence-corrected chi connectivity index (χ4v) is 14.0. The molecule has 0 N–H and O–H groups in total. The Bertz CT molecular complexity index is 3670. The van der Waals surface area contributed by atoms with Crippen LogP contribution >= 0.6 is 0 Å². The highest BCUT2D eigenvalue weighted by Gasteiger charge is 2.35. The Morgan fingerprint density at radius 2 is 0.671 bits per heavy atom. The number of hydrogen-bond acceptors (Lipinski definition) is 0. The quantitative estimate of drug-likeness (QED) is 0.105. The van der Waals surface area contributed by atoms with Crippen LogP contribution in [0.4, 0.5) is 0 Å². The molecule has 358 valence electrons. The number of benzene rings is 10. The first-order chi connectivity index (χ1) is 34.9. The van der Waals surface area contributed by atoms with Crippen LogP contribution in [0, 0.1) is 83.1 Å². The highest BCUT2D eigenvalue weighted by atomic mass is 14.4. The Morgan fingerprint density at radius 3 is 1.08 bits per heavy atom. The topological polar surface area (TPSA) is 0 Å². The number of fused-ring (bicyclic) bond motifs is 4. The van der Waals surface area contributed by atoms with E-state index in [1.54, 1.807) is 0 Å². The minimum absolute atomic E-state index is 0.148. The summed E-state index contributed by atoms with van der Waals surface area (Å²) in [6, 6.07) is 61.7. The van der Waals surface area contributed by atoms with Gasteiger partial charge in [-0.15, -0.1) is 0 Å². The van der Waals surface area contributed by atoms with Crippen molar-refractivity contribution in [3.8, 4) is 33.4 Å². The lowest BCUT2D eigenvalue weighted by Gasteiger charge is -2.36. The molecule has 0 nitrogen and oxygen atoms in total. The van der Waals surface area contributed by atoms with Crippen LogP contribution in [0.25, 0.3) is 54.9 Å². The van der Waals surface area contributed by atoms with Gasteiger partial charge in [-0.25, -0.2) is 0 Å². The van der Waals surface area contributed by atoms with Gasteiger partial charge in [0.15, 0.2) is 0 Å². The van der Waals surface area contributed by atoms with E-state index < -0.39 is 0 Å². The molecule has 0 radical (unpaired) electrons. The fourth-order valence-electron chi connectivity index (χ4n) is 14.0. The second kappa shape index (κ2) is 18.1. The molecule has 0 unspecified atom stereocenters. The molecule has 0 heterocycles. The van der Waals surface area contributed by atoms with E-state index >= 15 is 0 Å². The van der Waals surface area contributed by atoms with E-state index in [0.717, 1.165) is 0 Å². The summed E-state index contributed by atoms with van der Waals surface area (Å²) < 4.78 is 0. The SMILES string of the molecule is Cc1cc(C)c(B(c2ccc(-c3ccc4c(c3)C(C)(C)c3cccc5c3c-4cc3ccc(-c4ccc(B(c6c(C)cc(C)cc6C)c6c(C)cc(C)cc6C)cc4)cc35)cc2)c2c(C)cc(C)cc2C)c(C)c1. The first-order valence-electron chi connectivity index (χ1n) is 26.5. The van der Waals surface area contributed by atoms with E-state index in [-0.39, 0.29) is 18.8 Å². The van der Waals surface area contributed by atoms with Crippen LogP contribution in [-0.2, 0) is 5.41 Å². The zero-order valence-electron chi connectivity index (χ0n) is 45.7. The number of hydrogen-bond donors (Lipinski definition) is 0. The van der Waals surface area contributed by atoms with Crippen molar-refractivity contribution in [2.45, 2.75) is 102 Å². The summed E-state index contributed by atoms with van der Waals surface area (Å²) in [4.78, 5) is 0. The van der Waals surface area contributed by atoms with Crippen molar-refractivity contribution in [2.75, 3.05) is 0 Å². The van der Waals surface area contributed by atoms with Gasteiger partial charge in [-0.2, -0.15) is 0 Å². The third-order valence-electron chi connectivity index (χ3n) is 16.9. The molecule has 0 atom stereocenters. The molecule has 0 aliphatic heterocycles. The molecule has 10 aromatic carbocycles. The first-order valence-corrected chi connectivity index (χ1v) is 26.5. The number of aryl methyl sites for hydroxylation is 12. The Balaban J connectivity index is 0.964. The summed E-state index contributed by atoms with van der Waals surface area (Å²) in [5, 5.41) is 5.28. The molecule has 0 spiro atoms. The molecule has 10 aromatic rings. The van der Waals surface area contributed by atoms with Gasteiger partial charge >= 0.3 is 0 Å². The van der Waals surface area contributed by atoms with E-state index in [0.29, 0.717) is 0 Å². The second-order valence-electron chi connectivity index (χ2n) is 22.8. The van der Waals surface area contributed by atoms with Gasteiger partial charge in [0.05, 0.1) is 0 Å². The smallest absolute Gasteiger partial charge is 0.0686 e. The van der Waals surface area contributed by atoms with E-state index in [1.807, 2.05) is 0 Å². The van der Waals surface area contributed by atoms with Crippen LogP contribution < -0.4 is 32.8 Å². The van der Waals surface area contributed by atoms with Crippen molar-refractivity contribution in [1.82, 2.24) is 0 Å². The molecule has 0 saturated carbocycles. The molecule has 1 aliphatic carbocycles. The predicted octanol–water partition coefficient (Wildman–Crippen LogP) is 14.4. The van der Waals surface area contributed by atoms with Crippen LogP contribution in [0.2, 0.25) is 0 Å². The van der Waals surface area contributed by atoms with E-state index in [2.05, 4.69) is 255 Å². The lowest BCUT2D eigenvalue weighted by Crippen LogP contribution is -2.55. The van der Waals surface area contributed by atoms with Gasteiger partial charge in [-0.1, -0.05) is 253 Å². The van der Waals surface area contributed by atoms with Crippen LogP contribution in [-0.4, -0.2) is 13.4 Å². The molecule has 11 rings (SSSR count). The van der Waals surface area contributed by atoms with Crippen LogP contribution in [0.5, 0.6) is 0 Å². The molecular formula is C71H68B2. The van der Waals surface area contributed by atoms with Gasteiger partial charge in [-0.3, -0.25) is 0 Å². The standard InChI is InChI=1S/C71H68B2/c1-41-30-45(5)67(46(6)31-41)72(68-47(7)32-42(2)33-48(68)8)58-25-20-53(21-26-58)55-18-19-57-39-63-60-29-24-56(40-65(60)71(13,14)64-17-15-16-61(66(63)64)62(57)38-55)54-22-27-59(28-23-54)73(69-49(9)34-43(3)35-50(69)10)70-51(11)36-44(4)37-52(70)12/h15-40H,1-14H3. The first kappa shape index (κ1) is 48.1. The van der Waals surface area contributed by atoms with Gasteiger partial charge in [0.1, 0.15) is 0 Å². The van der Waals surface area contributed by atoms with Gasteiger partial charge in [0.25, 0.3) is 0 Å². The largest absolute Gasteiger partial charge is 0.242 e. The van der Waals surface area contributed by atoms with Crippen molar-refractivity contribution in [1.29, 1.82) is 0 Å². The minimum Gasteiger partial charge on any atom is -0.0686 e. The molecule has 0 bridgehead atoms. The summed E-state index contributed by atoms with van der Waals surface area (Å²) in [5.41, 5.74) is 34.7. The molecule has 2 heteroatoms. The summed E-state index contributed by atoms with van der Waals surface area (Å²) in [6.45, 7) is 32.3. The highest BCUT2D eigenvalue weighted by molar-refractivity contribution is 6.97. The maximum atomic E-state index is 2.48. The van der Waals surface area contributed by atoms with Crippen LogP contribution in [0.15, 0.2) is 158 Å². The predicted molar refractivity (Wildman–Crippen MR) is 322 cm³/mol. The van der Waals surface area contributed by atoms with Gasteiger partial charge in [0.2, 0.25) is 13.4 Å². The molecule has 0 fully saturated rings. The third kappa shape index (κ3) is 8.19. The summed E-state index contributed by atoms with van der Waals surface area (Å²) in [6.07, 6.45) is 0. The lowest BCUT2D eigenvalue weighted by atomic mass is 9.34. The summed E-state index contributed by atoms with van der Waals surface area (Å²) >= 11 is 0. The van der Waals surface area contributed by atoms with Gasteiger partial charge in [-0.05, 0) is 167 Å². The minimum atomic E-state index is -0.205. The average molecular weight is 943 g/mol. The number of rotatable bonds is 8. The Labute approximate surface area is 436 Å². The lowest BCUT2D eigenvalue weighted by molar-refractivity contribution is 0.645. The van der Waals surface area contributed by atoms with Gasteiger partial charge in [0, 0.05) is 5.41 Å². The molecule has 0 amide bonds. The Morgan fingerprint density at radius 1 is 0.301 bits per heavy atom.